The first-order valence-corrected chi connectivity index (χ1v) is 7.43. The second kappa shape index (κ2) is 9.91. The standard InChI is InChI=1S/C15H29N3O2/c1-13(2)10-16-11-15-12-18(17-14(15)3)6-5-7-20-9-8-19-4/h12-13,16H,5-11H2,1-4H3. The maximum atomic E-state index is 5.45. The molecule has 0 radical (unpaired) electrons. The van der Waals surface area contributed by atoms with Gasteiger partial charge >= 0.3 is 0 Å². The Hall–Kier alpha value is -0.910. The van der Waals surface area contributed by atoms with E-state index in [2.05, 4.69) is 37.4 Å². The number of nitrogens with one attached hydrogen (secondary N) is 1. The molecular formula is C15H29N3O2. The largest absolute Gasteiger partial charge is 0.382 e. The molecule has 5 heteroatoms. The van der Waals surface area contributed by atoms with E-state index in [0.29, 0.717) is 19.1 Å². The monoisotopic (exact) mass is 283 g/mol. The number of hydrogen-bond acceptors (Lipinski definition) is 4. The Kier molecular flexibility index (Phi) is 8.49. The molecule has 1 heterocycles. The van der Waals surface area contributed by atoms with Gasteiger partial charge < -0.3 is 14.8 Å². The van der Waals surface area contributed by atoms with E-state index in [0.717, 1.165) is 38.4 Å². The Morgan fingerprint density at radius 1 is 1.30 bits per heavy atom. The average molecular weight is 283 g/mol. The van der Waals surface area contributed by atoms with Crippen molar-refractivity contribution in [2.24, 2.45) is 5.92 Å². The van der Waals surface area contributed by atoms with E-state index in [9.17, 15) is 0 Å². The third kappa shape index (κ3) is 7.03. The molecule has 0 aliphatic rings. The summed E-state index contributed by atoms with van der Waals surface area (Å²) >= 11 is 0. The zero-order valence-corrected chi connectivity index (χ0v) is 13.3. The lowest BCUT2D eigenvalue weighted by Gasteiger charge is -2.06. The summed E-state index contributed by atoms with van der Waals surface area (Å²) in [5.74, 6) is 0.676. The van der Waals surface area contributed by atoms with Crippen LogP contribution in [0.3, 0.4) is 0 Å². The van der Waals surface area contributed by atoms with Crippen molar-refractivity contribution in [2.45, 2.75) is 40.3 Å². The van der Waals surface area contributed by atoms with Crippen molar-refractivity contribution in [3.8, 4) is 0 Å². The quantitative estimate of drug-likeness (QED) is 0.631. The Morgan fingerprint density at radius 2 is 2.10 bits per heavy atom. The van der Waals surface area contributed by atoms with Crippen LogP contribution in [0.4, 0.5) is 0 Å². The maximum Gasteiger partial charge on any atom is 0.0700 e. The molecule has 0 fully saturated rings. The molecule has 1 N–H and O–H groups in total. The van der Waals surface area contributed by atoms with Crippen LogP contribution < -0.4 is 5.32 Å². The average Bonchev–Trinajstić information content (AvgIpc) is 2.74. The lowest BCUT2D eigenvalue weighted by Crippen LogP contribution is -2.19. The molecule has 5 nitrogen and oxygen atoms in total. The third-order valence-electron chi connectivity index (χ3n) is 3.02. The van der Waals surface area contributed by atoms with Crippen molar-refractivity contribution in [2.75, 3.05) is 33.5 Å². The third-order valence-corrected chi connectivity index (χ3v) is 3.02. The summed E-state index contributed by atoms with van der Waals surface area (Å²) in [6, 6.07) is 0. The van der Waals surface area contributed by atoms with Gasteiger partial charge in [0.15, 0.2) is 0 Å². The van der Waals surface area contributed by atoms with Crippen LogP contribution in [0.1, 0.15) is 31.5 Å². The van der Waals surface area contributed by atoms with Gasteiger partial charge in [0.1, 0.15) is 0 Å². The minimum Gasteiger partial charge on any atom is -0.382 e. The Balaban J connectivity index is 2.23. The first-order valence-electron chi connectivity index (χ1n) is 7.43. The van der Waals surface area contributed by atoms with Crippen molar-refractivity contribution >= 4 is 0 Å². The molecule has 0 bridgehead atoms. The molecule has 0 saturated carbocycles. The van der Waals surface area contributed by atoms with Gasteiger partial charge in [0, 0.05) is 38.6 Å². The van der Waals surface area contributed by atoms with Crippen molar-refractivity contribution in [3.05, 3.63) is 17.5 Å². The van der Waals surface area contributed by atoms with Gasteiger partial charge in [-0.2, -0.15) is 5.10 Å². The molecule has 0 aliphatic carbocycles. The van der Waals surface area contributed by atoms with Crippen LogP contribution in [-0.4, -0.2) is 43.3 Å². The van der Waals surface area contributed by atoms with E-state index in [-0.39, 0.29) is 0 Å². The zero-order valence-electron chi connectivity index (χ0n) is 13.3. The molecule has 1 aromatic rings. The van der Waals surface area contributed by atoms with Crippen LogP contribution in [0.2, 0.25) is 0 Å². The van der Waals surface area contributed by atoms with Crippen molar-refractivity contribution < 1.29 is 9.47 Å². The molecular weight excluding hydrogens is 254 g/mol. The van der Waals surface area contributed by atoms with E-state index in [1.807, 2.05) is 4.68 Å². The molecule has 0 aliphatic heterocycles. The number of nitrogens with zero attached hydrogens (tertiary/aromatic N) is 2. The van der Waals surface area contributed by atoms with Crippen molar-refractivity contribution in [1.29, 1.82) is 0 Å². The van der Waals surface area contributed by atoms with Crippen LogP contribution in [-0.2, 0) is 22.6 Å². The Morgan fingerprint density at radius 3 is 2.80 bits per heavy atom. The molecule has 0 saturated heterocycles. The first kappa shape index (κ1) is 17.1. The smallest absolute Gasteiger partial charge is 0.0700 e. The number of ether oxygens (including phenoxy) is 2. The van der Waals surface area contributed by atoms with Crippen LogP contribution in [0.15, 0.2) is 6.20 Å². The number of rotatable bonds is 11. The first-order chi connectivity index (χ1) is 9.63. The van der Waals surface area contributed by atoms with Gasteiger partial charge in [-0.3, -0.25) is 4.68 Å². The van der Waals surface area contributed by atoms with Gasteiger partial charge in [-0.15, -0.1) is 0 Å². The summed E-state index contributed by atoms with van der Waals surface area (Å²) in [7, 11) is 1.69. The Bertz CT molecular complexity index is 364. The predicted molar refractivity (Wildman–Crippen MR) is 80.8 cm³/mol. The lowest BCUT2D eigenvalue weighted by atomic mass is 10.2. The minimum absolute atomic E-state index is 0.659. The van der Waals surface area contributed by atoms with Crippen LogP contribution in [0.25, 0.3) is 0 Å². The molecule has 116 valence electrons. The van der Waals surface area contributed by atoms with E-state index in [1.165, 1.54) is 5.56 Å². The van der Waals surface area contributed by atoms with E-state index >= 15 is 0 Å². The highest BCUT2D eigenvalue weighted by molar-refractivity contribution is 5.14. The highest BCUT2D eigenvalue weighted by Gasteiger charge is 2.04. The maximum absolute atomic E-state index is 5.45. The molecule has 1 aromatic heterocycles. The van der Waals surface area contributed by atoms with Gasteiger partial charge in [-0.05, 0) is 25.8 Å². The summed E-state index contributed by atoms with van der Waals surface area (Å²) in [5, 5.41) is 7.99. The fraction of sp³-hybridized carbons (Fsp3) is 0.800. The summed E-state index contributed by atoms with van der Waals surface area (Å²) < 4.78 is 12.4. The lowest BCUT2D eigenvalue weighted by molar-refractivity contribution is 0.0677. The predicted octanol–water partition coefficient (Wildman–Crippen LogP) is 1.99. The molecule has 20 heavy (non-hydrogen) atoms. The zero-order chi connectivity index (χ0) is 14.8. The SMILES string of the molecule is COCCOCCCn1cc(CNCC(C)C)c(C)n1. The van der Waals surface area contributed by atoms with Gasteiger partial charge in [-0.1, -0.05) is 13.8 Å². The summed E-state index contributed by atoms with van der Waals surface area (Å²) in [4.78, 5) is 0. The number of aromatic nitrogens is 2. The molecule has 1 rings (SSSR count). The van der Waals surface area contributed by atoms with Gasteiger partial charge in [0.2, 0.25) is 0 Å². The van der Waals surface area contributed by atoms with Gasteiger partial charge in [0.05, 0.1) is 18.9 Å². The number of hydrogen-bond donors (Lipinski definition) is 1. The molecule has 0 unspecified atom stereocenters. The van der Waals surface area contributed by atoms with Crippen LogP contribution in [0, 0.1) is 12.8 Å². The van der Waals surface area contributed by atoms with Gasteiger partial charge in [0.25, 0.3) is 0 Å². The van der Waals surface area contributed by atoms with E-state index in [1.54, 1.807) is 7.11 Å². The fourth-order valence-corrected chi connectivity index (χ4v) is 1.92. The second-order valence-electron chi connectivity index (χ2n) is 5.49. The highest BCUT2D eigenvalue weighted by Crippen LogP contribution is 2.06. The summed E-state index contributed by atoms with van der Waals surface area (Å²) in [5.41, 5.74) is 2.40. The van der Waals surface area contributed by atoms with Crippen molar-refractivity contribution in [3.63, 3.8) is 0 Å². The normalized spacial score (nSPS) is 11.4. The second-order valence-corrected chi connectivity index (χ2v) is 5.49. The van der Waals surface area contributed by atoms with Crippen LogP contribution in [0.5, 0.6) is 0 Å². The number of methoxy groups -OCH3 is 1. The summed E-state index contributed by atoms with van der Waals surface area (Å²) in [6.07, 6.45) is 3.11. The molecule has 0 aromatic carbocycles. The number of aryl methyl sites for hydroxylation is 2. The topological polar surface area (TPSA) is 48.3 Å². The van der Waals surface area contributed by atoms with Crippen LogP contribution >= 0.6 is 0 Å². The van der Waals surface area contributed by atoms with E-state index < -0.39 is 0 Å². The molecule has 0 amide bonds. The van der Waals surface area contributed by atoms with Gasteiger partial charge in [-0.25, -0.2) is 0 Å². The molecule has 0 spiro atoms. The highest BCUT2D eigenvalue weighted by atomic mass is 16.5. The van der Waals surface area contributed by atoms with Crippen molar-refractivity contribution in [1.82, 2.24) is 15.1 Å². The Labute approximate surface area is 122 Å². The fourth-order valence-electron chi connectivity index (χ4n) is 1.92. The molecule has 0 atom stereocenters. The summed E-state index contributed by atoms with van der Waals surface area (Å²) in [6.45, 7) is 11.4. The minimum atomic E-state index is 0.659. The van der Waals surface area contributed by atoms with E-state index in [4.69, 9.17) is 9.47 Å².